The molecule has 0 radical (unpaired) electrons. The SMILES string of the molecule is CN=C(NCc1ccco1)NC1CC(C)(OC)C1(C)C.I. The molecule has 1 saturated carbocycles. The second-order valence-electron chi connectivity index (χ2n) is 6.06. The quantitative estimate of drug-likeness (QED) is 0.458. The van der Waals surface area contributed by atoms with Gasteiger partial charge in [0, 0.05) is 25.6 Å². The summed E-state index contributed by atoms with van der Waals surface area (Å²) < 4.78 is 10.9. The molecule has 21 heavy (non-hydrogen) atoms. The number of furan rings is 1. The van der Waals surface area contributed by atoms with Gasteiger partial charge in [-0.15, -0.1) is 24.0 Å². The standard InChI is InChI=1S/C15H25N3O2.HI/c1-14(2)12(9-15(14,3)19-5)18-13(16-4)17-10-11-7-6-8-20-11;/h6-8,12H,9-10H2,1-5H3,(H2,16,17,18);1H. The molecule has 1 aromatic heterocycles. The summed E-state index contributed by atoms with van der Waals surface area (Å²) in [5.74, 6) is 1.68. The molecule has 5 nitrogen and oxygen atoms in total. The third-order valence-electron chi connectivity index (χ3n) is 4.82. The molecule has 1 fully saturated rings. The lowest BCUT2D eigenvalue weighted by Crippen LogP contribution is -2.69. The summed E-state index contributed by atoms with van der Waals surface area (Å²) in [6.07, 6.45) is 2.64. The van der Waals surface area contributed by atoms with Gasteiger partial charge in [-0.25, -0.2) is 0 Å². The van der Waals surface area contributed by atoms with E-state index in [2.05, 4.69) is 36.4 Å². The molecule has 1 heterocycles. The Balaban J connectivity index is 0.00000220. The van der Waals surface area contributed by atoms with Crippen molar-refractivity contribution in [2.24, 2.45) is 10.4 Å². The van der Waals surface area contributed by atoms with Crippen LogP contribution in [0.3, 0.4) is 0 Å². The Bertz CT molecular complexity index is 473. The van der Waals surface area contributed by atoms with Gasteiger partial charge >= 0.3 is 0 Å². The maximum absolute atomic E-state index is 5.64. The first-order chi connectivity index (χ1) is 9.43. The predicted octanol–water partition coefficient (Wildman–Crippen LogP) is 2.77. The summed E-state index contributed by atoms with van der Waals surface area (Å²) >= 11 is 0. The lowest BCUT2D eigenvalue weighted by atomic mass is 9.56. The molecule has 0 aliphatic heterocycles. The molecule has 1 aromatic rings. The fraction of sp³-hybridized carbons (Fsp3) is 0.667. The Labute approximate surface area is 143 Å². The molecule has 0 bridgehead atoms. The minimum Gasteiger partial charge on any atom is -0.467 e. The monoisotopic (exact) mass is 407 g/mol. The topological polar surface area (TPSA) is 58.8 Å². The highest BCUT2D eigenvalue weighted by Gasteiger charge is 2.58. The van der Waals surface area contributed by atoms with Crippen LogP contribution in [0, 0.1) is 5.41 Å². The van der Waals surface area contributed by atoms with Crippen LogP contribution in [0.25, 0.3) is 0 Å². The number of nitrogens with zero attached hydrogens (tertiary/aromatic N) is 1. The molecule has 0 amide bonds. The molecule has 2 unspecified atom stereocenters. The van der Waals surface area contributed by atoms with Crippen molar-refractivity contribution in [3.63, 3.8) is 0 Å². The molecule has 1 aliphatic rings. The Kier molecular flexibility index (Phi) is 6.10. The largest absolute Gasteiger partial charge is 0.467 e. The van der Waals surface area contributed by atoms with E-state index >= 15 is 0 Å². The number of aliphatic imine (C=N–C) groups is 1. The first-order valence-electron chi connectivity index (χ1n) is 6.97. The lowest BCUT2D eigenvalue weighted by Gasteiger charge is -2.59. The second kappa shape index (κ2) is 7.00. The first-order valence-corrected chi connectivity index (χ1v) is 6.97. The Hall–Kier alpha value is -0.760. The normalized spacial score (nSPS) is 27.5. The van der Waals surface area contributed by atoms with Gasteiger partial charge in [0.15, 0.2) is 5.96 Å². The van der Waals surface area contributed by atoms with Gasteiger partial charge in [0.1, 0.15) is 5.76 Å². The highest BCUT2D eigenvalue weighted by molar-refractivity contribution is 14.0. The number of ether oxygens (including phenoxy) is 1. The van der Waals surface area contributed by atoms with Crippen LogP contribution in [0.5, 0.6) is 0 Å². The molecule has 120 valence electrons. The van der Waals surface area contributed by atoms with E-state index in [0.29, 0.717) is 12.6 Å². The highest BCUT2D eigenvalue weighted by atomic mass is 127. The van der Waals surface area contributed by atoms with Gasteiger partial charge in [0.05, 0.1) is 18.4 Å². The molecule has 2 atom stereocenters. The maximum atomic E-state index is 5.64. The Morgan fingerprint density at radius 1 is 1.48 bits per heavy atom. The zero-order chi connectivity index (χ0) is 14.8. The van der Waals surface area contributed by atoms with Crippen molar-refractivity contribution in [1.29, 1.82) is 0 Å². The molecule has 1 aliphatic carbocycles. The van der Waals surface area contributed by atoms with Crippen LogP contribution in [0.15, 0.2) is 27.8 Å². The van der Waals surface area contributed by atoms with E-state index in [-0.39, 0.29) is 35.0 Å². The fourth-order valence-corrected chi connectivity index (χ4v) is 2.67. The number of nitrogens with one attached hydrogen (secondary N) is 2. The van der Waals surface area contributed by atoms with Crippen LogP contribution in [-0.4, -0.2) is 31.8 Å². The van der Waals surface area contributed by atoms with E-state index < -0.39 is 0 Å². The van der Waals surface area contributed by atoms with Crippen molar-refractivity contribution in [3.8, 4) is 0 Å². The third-order valence-corrected chi connectivity index (χ3v) is 4.82. The zero-order valence-electron chi connectivity index (χ0n) is 13.4. The van der Waals surface area contributed by atoms with Crippen LogP contribution >= 0.6 is 24.0 Å². The number of guanidine groups is 1. The zero-order valence-corrected chi connectivity index (χ0v) is 15.7. The van der Waals surface area contributed by atoms with E-state index in [0.717, 1.165) is 18.1 Å². The third kappa shape index (κ3) is 3.53. The van der Waals surface area contributed by atoms with Gasteiger partial charge in [0.2, 0.25) is 0 Å². The van der Waals surface area contributed by atoms with Crippen molar-refractivity contribution in [1.82, 2.24) is 10.6 Å². The molecular weight excluding hydrogens is 381 g/mol. The van der Waals surface area contributed by atoms with E-state index in [1.54, 1.807) is 20.4 Å². The molecule has 2 N–H and O–H groups in total. The van der Waals surface area contributed by atoms with Gasteiger partial charge in [-0.05, 0) is 25.5 Å². The van der Waals surface area contributed by atoms with E-state index in [1.807, 2.05) is 12.1 Å². The number of rotatable bonds is 4. The average Bonchev–Trinajstić information content (AvgIpc) is 2.95. The van der Waals surface area contributed by atoms with Gasteiger partial charge < -0.3 is 19.8 Å². The smallest absolute Gasteiger partial charge is 0.191 e. The van der Waals surface area contributed by atoms with Crippen LogP contribution in [0.1, 0.15) is 33.0 Å². The first kappa shape index (κ1) is 18.3. The summed E-state index contributed by atoms with van der Waals surface area (Å²) in [6.45, 7) is 7.22. The number of halogens is 1. The van der Waals surface area contributed by atoms with Gasteiger partial charge in [-0.3, -0.25) is 4.99 Å². The number of hydrogen-bond acceptors (Lipinski definition) is 3. The van der Waals surface area contributed by atoms with Crippen molar-refractivity contribution < 1.29 is 9.15 Å². The van der Waals surface area contributed by atoms with Crippen LogP contribution in [0.2, 0.25) is 0 Å². The van der Waals surface area contributed by atoms with Gasteiger partial charge in [-0.1, -0.05) is 13.8 Å². The van der Waals surface area contributed by atoms with Crippen molar-refractivity contribution in [2.45, 2.75) is 45.4 Å². The summed E-state index contributed by atoms with van der Waals surface area (Å²) in [4.78, 5) is 4.26. The minimum atomic E-state index is -0.0788. The second-order valence-corrected chi connectivity index (χ2v) is 6.06. The van der Waals surface area contributed by atoms with E-state index in [4.69, 9.17) is 9.15 Å². The lowest BCUT2D eigenvalue weighted by molar-refractivity contribution is -0.176. The highest BCUT2D eigenvalue weighted by Crippen LogP contribution is 2.51. The molecule has 0 aromatic carbocycles. The summed E-state index contributed by atoms with van der Waals surface area (Å²) in [6, 6.07) is 4.16. The number of hydrogen-bond donors (Lipinski definition) is 2. The molecule has 0 spiro atoms. The molecule has 0 saturated heterocycles. The van der Waals surface area contributed by atoms with Gasteiger partial charge in [0.25, 0.3) is 0 Å². The van der Waals surface area contributed by atoms with Crippen LogP contribution in [-0.2, 0) is 11.3 Å². The number of methoxy groups -OCH3 is 1. The Morgan fingerprint density at radius 3 is 2.67 bits per heavy atom. The van der Waals surface area contributed by atoms with Crippen molar-refractivity contribution in [3.05, 3.63) is 24.2 Å². The van der Waals surface area contributed by atoms with Crippen LogP contribution < -0.4 is 10.6 Å². The molecule has 6 heteroatoms. The average molecular weight is 407 g/mol. The summed E-state index contributed by atoms with van der Waals surface area (Å²) in [7, 11) is 3.56. The van der Waals surface area contributed by atoms with Crippen LogP contribution in [0.4, 0.5) is 0 Å². The predicted molar refractivity (Wildman–Crippen MR) is 95.1 cm³/mol. The fourth-order valence-electron chi connectivity index (χ4n) is 2.67. The molecular formula is C15H26IN3O2. The minimum absolute atomic E-state index is 0. The van der Waals surface area contributed by atoms with Crippen molar-refractivity contribution >= 4 is 29.9 Å². The van der Waals surface area contributed by atoms with Crippen molar-refractivity contribution in [2.75, 3.05) is 14.2 Å². The van der Waals surface area contributed by atoms with E-state index in [1.165, 1.54) is 0 Å². The summed E-state index contributed by atoms with van der Waals surface area (Å²) in [5, 5.41) is 6.72. The maximum Gasteiger partial charge on any atom is 0.191 e. The Morgan fingerprint density at radius 2 is 2.19 bits per heavy atom. The summed E-state index contributed by atoms with van der Waals surface area (Å²) in [5.41, 5.74) is -0.0193. The van der Waals surface area contributed by atoms with E-state index in [9.17, 15) is 0 Å². The molecule has 2 rings (SSSR count). The van der Waals surface area contributed by atoms with Gasteiger partial charge in [-0.2, -0.15) is 0 Å².